The summed E-state index contributed by atoms with van der Waals surface area (Å²) in [4.78, 5) is 8.17. The maximum atomic E-state index is 5.78. The molecule has 1 N–H and O–H groups in total. The fraction of sp³-hybridized carbons (Fsp3) is 0.286. The molecule has 0 spiro atoms. The van der Waals surface area contributed by atoms with E-state index >= 15 is 0 Å². The average Bonchev–Trinajstić information content (AvgIpc) is 2.46. The Hall–Kier alpha value is -2.30. The number of methoxy groups -OCH3 is 1. The summed E-state index contributed by atoms with van der Waals surface area (Å²) < 4.78 is 10.9. The summed E-state index contributed by atoms with van der Waals surface area (Å²) in [5, 5.41) is 3.11. The van der Waals surface area contributed by atoms with Crippen molar-refractivity contribution in [2.24, 2.45) is 0 Å². The molecule has 19 heavy (non-hydrogen) atoms. The molecule has 2 rings (SSSR count). The molecule has 100 valence electrons. The maximum Gasteiger partial charge on any atom is 0.222 e. The summed E-state index contributed by atoms with van der Waals surface area (Å²) in [6.07, 6.45) is 3.39. The highest BCUT2D eigenvalue weighted by atomic mass is 16.5. The van der Waals surface area contributed by atoms with Crippen molar-refractivity contribution in [3.05, 3.63) is 42.7 Å². The molecule has 0 saturated heterocycles. The van der Waals surface area contributed by atoms with E-state index in [0.29, 0.717) is 12.5 Å². The topological polar surface area (TPSA) is 56.3 Å². The molecule has 0 aliphatic rings. The van der Waals surface area contributed by atoms with Gasteiger partial charge in [-0.05, 0) is 25.1 Å². The molecular formula is C14H17N3O2. The molecule has 0 amide bonds. The molecule has 0 radical (unpaired) electrons. The van der Waals surface area contributed by atoms with Crippen LogP contribution in [0, 0.1) is 0 Å². The third-order valence-corrected chi connectivity index (χ3v) is 2.49. The number of nitrogens with one attached hydrogen (secondary N) is 1. The largest absolute Gasteiger partial charge is 0.497 e. The standard InChI is InChI=1S/C14H17N3O2/c1-11(10-17-14-15-7-4-8-16-14)19-13-6-3-5-12(9-13)18-2/h3-9,11H,10H2,1-2H3,(H,15,16,17)/t11-/m0/s1. The van der Waals surface area contributed by atoms with E-state index < -0.39 is 0 Å². The first kappa shape index (κ1) is 13.1. The smallest absolute Gasteiger partial charge is 0.222 e. The van der Waals surface area contributed by atoms with E-state index in [0.717, 1.165) is 11.5 Å². The molecule has 1 aromatic heterocycles. The second kappa shape index (κ2) is 6.58. The Balaban J connectivity index is 1.85. The van der Waals surface area contributed by atoms with Gasteiger partial charge in [0.2, 0.25) is 5.95 Å². The summed E-state index contributed by atoms with van der Waals surface area (Å²) in [5.41, 5.74) is 0. The minimum atomic E-state index is -0.00378. The summed E-state index contributed by atoms with van der Waals surface area (Å²) in [7, 11) is 1.64. The molecule has 0 saturated carbocycles. The number of hydrogen-bond acceptors (Lipinski definition) is 5. The van der Waals surface area contributed by atoms with Crippen LogP contribution >= 0.6 is 0 Å². The molecule has 1 heterocycles. The molecule has 1 aromatic carbocycles. The van der Waals surface area contributed by atoms with Crippen molar-refractivity contribution in [1.82, 2.24) is 9.97 Å². The Labute approximate surface area is 112 Å². The number of nitrogens with zero attached hydrogens (tertiary/aromatic N) is 2. The highest BCUT2D eigenvalue weighted by Gasteiger charge is 2.05. The quantitative estimate of drug-likeness (QED) is 0.863. The molecule has 0 bridgehead atoms. The second-order valence-corrected chi connectivity index (χ2v) is 4.06. The van der Waals surface area contributed by atoms with Gasteiger partial charge in [-0.1, -0.05) is 6.07 Å². The number of anilines is 1. The molecule has 2 aromatic rings. The van der Waals surface area contributed by atoms with Crippen molar-refractivity contribution in [2.45, 2.75) is 13.0 Å². The zero-order valence-electron chi connectivity index (χ0n) is 11.0. The van der Waals surface area contributed by atoms with Crippen LogP contribution in [0.5, 0.6) is 11.5 Å². The first-order valence-electron chi connectivity index (χ1n) is 6.09. The maximum absolute atomic E-state index is 5.78. The van der Waals surface area contributed by atoms with Gasteiger partial charge in [-0.15, -0.1) is 0 Å². The average molecular weight is 259 g/mol. The van der Waals surface area contributed by atoms with Gasteiger partial charge < -0.3 is 14.8 Å². The van der Waals surface area contributed by atoms with Crippen LogP contribution < -0.4 is 14.8 Å². The molecule has 5 nitrogen and oxygen atoms in total. The lowest BCUT2D eigenvalue weighted by molar-refractivity contribution is 0.233. The van der Waals surface area contributed by atoms with Crippen LogP contribution in [0.1, 0.15) is 6.92 Å². The number of aromatic nitrogens is 2. The highest BCUT2D eigenvalue weighted by molar-refractivity contribution is 5.33. The normalized spacial score (nSPS) is 11.7. The minimum Gasteiger partial charge on any atom is -0.497 e. The second-order valence-electron chi connectivity index (χ2n) is 4.06. The molecule has 0 fully saturated rings. The first-order valence-corrected chi connectivity index (χ1v) is 6.09. The van der Waals surface area contributed by atoms with E-state index in [9.17, 15) is 0 Å². The van der Waals surface area contributed by atoms with Gasteiger partial charge in [0.25, 0.3) is 0 Å². The summed E-state index contributed by atoms with van der Waals surface area (Å²) >= 11 is 0. The minimum absolute atomic E-state index is 0.00378. The highest BCUT2D eigenvalue weighted by Crippen LogP contribution is 2.19. The fourth-order valence-corrected chi connectivity index (χ4v) is 1.57. The van der Waals surface area contributed by atoms with Crippen molar-refractivity contribution in [2.75, 3.05) is 19.0 Å². The van der Waals surface area contributed by atoms with E-state index in [1.54, 1.807) is 25.6 Å². The third-order valence-electron chi connectivity index (χ3n) is 2.49. The Kier molecular flexibility index (Phi) is 4.55. The first-order chi connectivity index (χ1) is 9.28. The molecule has 0 aliphatic heterocycles. The van der Waals surface area contributed by atoms with Crippen LogP contribution in [0.15, 0.2) is 42.7 Å². The van der Waals surface area contributed by atoms with E-state index in [4.69, 9.17) is 9.47 Å². The Morgan fingerprint density at radius 1 is 1.16 bits per heavy atom. The Morgan fingerprint density at radius 3 is 2.63 bits per heavy atom. The predicted octanol–water partition coefficient (Wildman–Crippen LogP) is 2.36. The zero-order chi connectivity index (χ0) is 13.5. The van der Waals surface area contributed by atoms with Gasteiger partial charge in [0.05, 0.1) is 13.7 Å². The molecule has 0 unspecified atom stereocenters. The lowest BCUT2D eigenvalue weighted by Crippen LogP contribution is -2.23. The van der Waals surface area contributed by atoms with Gasteiger partial charge in [0.1, 0.15) is 17.6 Å². The van der Waals surface area contributed by atoms with Gasteiger partial charge >= 0.3 is 0 Å². The van der Waals surface area contributed by atoms with Crippen LogP contribution in [0.25, 0.3) is 0 Å². The lowest BCUT2D eigenvalue weighted by Gasteiger charge is -2.15. The summed E-state index contributed by atoms with van der Waals surface area (Å²) in [5.74, 6) is 2.16. The number of rotatable bonds is 6. The van der Waals surface area contributed by atoms with Crippen molar-refractivity contribution < 1.29 is 9.47 Å². The molecular weight excluding hydrogens is 242 g/mol. The predicted molar refractivity (Wildman–Crippen MR) is 73.6 cm³/mol. The fourth-order valence-electron chi connectivity index (χ4n) is 1.57. The third kappa shape index (κ3) is 4.13. The molecule has 1 atom stereocenters. The van der Waals surface area contributed by atoms with Crippen LogP contribution in [0.3, 0.4) is 0 Å². The van der Waals surface area contributed by atoms with E-state index in [2.05, 4.69) is 15.3 Å². The van der Waals surface area contributed by atoms with Gasteiger partial charge in [-0.25, -0.2) is 9.97 Å². The number of ether oxygens (including phenoxy) is 2. The van der Waals surface area contributed by atoms with Crippen LogP contribution in [0.2, 0.25) is 0 Å². The van der Waals surface area contributed by atoms with E-state index in [1.165, 1.54) is 0 Å². The van der Waals surface area contributed by atoms with Crippen LogP contribution in [-0.2, 0) is 0 Å². The van der Waals surface area contributed by atoms with Crippen molar-refractivity contribution >= 4 is 5.95 Å². The van der Waals surface area contributed by atoms with Gasteiger partial charge in [0.15, 0.2) is 0 Å². The van der Waals surface area contributed by atoms with Gasteiger partial charge in [-0.2, -0.15) is 0 Å². The van der Waals surface area contributed by atoms with Crippen molar-refractivity contribution in [3.63, 3.8) is 0 Å². The Bertz CT molecular complexity index is 505. The Morgan fingerprint density at radius 2 is 1.89 bits per heavy atom. The summed E-state index contributed by atoms with van der Waals surface area (Å²) in [6.45, 7) is 2.61. The van der Waals surface area contributed by atoms with Gasteiger partial charge in [0, 0.05) is 18.5 Å². The lowest BCUT2D eigenvalue weighted by atomic mass is 10.3. The summed E-state index contributed by atoms with van der Waals surface area (Å²) in [6, 6.07) is 9.32. The molecule has 5 heteroatoms. The number of benzene rings is 1. The van der Waals surface area contributed by atoms with E-state index in [-0.39, 0.29) is 6.10 Å². The van der Waals surface area contributed by atoms with Crippen molar-refractivity contribution in [3.8, 4) is 11.5 Å². The van der Waals surface area contributed by atoms with E-state index in [1.807, 2.05) is 31.2 Å². The molecule has 0 aliphatic carbocycles. The SMILES string of the molecule is COc1cccc(O[C@@H](C)CNc2ncccn2)c1. The monoisotopic (exact) mass is 259 g/mol. The van der Waals surface area contributed by atoms with Crippen molar-refractivity contribution in [1.29, 1.82) is 0 Å². The van der Waals surface area contributed by atoms with Gasteiger partial charge in [-0.3, -0.25) is 0 Å². The number of hydrogen-bond donors (Lipinski definition) is 1. The van der Waals surface area contributed by atoms with Crippen LogP contribution in [-0.4, -0.2) is 29.7 Å². The van der Waals surface area contributed by atoms with Crippen LogP contribution in [0.4, 0.5) is 5.95 Å². The zero-order valence-corrected chi connectivity index (χ0v) is 11.0.